The van der Waals surface area contributed by atoms with Gasteiger partial charge >= 0.3 is 0 Å². The number of nitrogens with one attached hydrogen (secondary N) is 1. The van der Waals surface area contributed by atoms with Gasteiger partial charge in [0.05, 0.1) is 0 Å². The molecule has 1 N–H and O–H groups in total. The van der Waals surface area contributed by atoms with E-state index in [1.54, 1.807) is 0 Å². The first kappa shape index (κ1) is 17.1. The number of hydrogen-bond acceptors (Lipinski definition) is 1. The van der Waals surface area contributed by atoms with Crippen LogP contribution in [0.1, 0.15) is 70.9 Å². The van der Waals surface area contributed by atoms with Crippen molar-refractivity contribution >= 4 is 0 Å². The fraction of sp³-hybridized carbons (Fsp3) is 0.647. The van der Waals surface area contributed by atoms with Crippen LogP contribution >= 0.6 is 0 Å². The van der Waals surface area contributed by atoms with Gasteiger partial charge in [-0.05, 0) is 26.3 Å². The van der Waals surface area contributed by atoms with E-state index in [0.29, 0.717) is 11.6 Å². The van der Waals surface area contributed by atoms with E-state index in [1.807, 2.05) is 6.92 Å². The normalized spacial score (nSPS) is 14.2. The molecule has 0 heterocycles. The molecule has 0 aliphatic heterocycles. The fourth-order valence-electron chi connectivity index (χ4n) is 2.51. The lowest BCUT2D eigenvalue weighted by Gasteiger charge is -2.21. The lowest BCUT2D eigenvalue weighted by molar-refractivity contribution is 0.426. The maximum atomic E-state index is 13.7. The Hall–Kier alpha value is -0.960. The molecule has 1 rings (SSSR count). The molecular formula is C17H27F2N. The molecule has 0 spiro atoms. The van der Waals surface area contributed by atoms with Gasteiger partial charge in [0, 0.05) is 23.7 Å². The summed E-state index contributed by atoms with van der Waals surface area (Å²) in [7, 11) is 0. The van der Waals surface area contributed by atoms with Gasteiger partial charge in [0.15, 0.2) is 0 Å². The molecule has 0 amide bonds. The van der Waals surface area contributed by atoms with Crippen LogP contribution in [0, 0.1) is 11.6 Å². The van der Waals surface area contributed by atoms with Crippen molar-refractivity contribution in [1.82, 2.24) is 5.32 Å². The highest BCUT2D eigenvalue weighted by molar-refractivity contribution is 5.21. The first-order chi connectivity index (χ1) is 9.54. The molecule has 1 aromatic carbocycles. The third-order valence-corrected chi connectivity index (χ3v) is 3.70. The molecule has 0 bridgehead atoms. The summed E-state index contributed by atoms with van der Waals surface area (Å²) in [6.45, 7) is 6.25. The van der Waals surface area contributed by atoms with Crippen molar-refractivity contribution in [2.45, 2.75) is 71.4 Å². The van der Waals surface area contributed by atoms with Crippen LogP contribution in [-0.4, -0.2) is 6.04 Å². The predicted octanol–water partition coefficient (Wildman–Crippen LogP) is 5.36. The van der Waals surface area contributed by atoms with E-state index in [2.05, 4.69) is 19.2 Å². The molecule has 0 radical (unpaired) electrons. The third-order valence-electron chi connectivity index (χ3n) is 3.70. The second kappa shape index (κ2) is 9.06. The molecule has 2 atom stereocenters. The van der Waals surface area contributed by atoms with Crippen LogP contribution in [0.25, 0.3) is 0 Å². The van der Waals surface area contributed by atoms with Gasteiger partial charge in [-0.2, -0.15) is 0 Å². The number of rotatable bonds is 9. The van der Waals surface area contributed by atoms with E-state index in [1.165, 1.54) is 44.2 Å². The molecule has 0 aliphatic carbocycles. The molecule has 0 aliphatic rings. The van der Waals surface area contributed by atoms with Crippen LogP contribution in [0.2, 0.25) is 0 Å². The average Bonchev–Trinajstić information content (AvgIpc) is 2.38. The van der Waals surface area contributed by atoms with Crippen molar-refractivity contribution in [1.29, 1.82) is 0 Å². The van der Waals surface area contributed by atoms with Crippen molar-refractivity contribution < 1.29 is 8.78 Å². The largest absolute Gasteiger partial charge is 0.308 e. The second-order valence-corrected chi connectivity index (χ2v) is 5.66. The summed E-state index contributed by atoms with van der Waals surface area (Å²) < 4.78 is 26.5. The first-order valence-corrected chi connectivity index (χ1v) is 7.75. The Morgan fingerprint density at radius 1 is 1.05 bits per heavy atom. The van der Waals surface area contributed by atoms with Gasteiger partial charge in [0.2, 0.25) is 0 Å². The van der Waals surface area contributed by atoms with Crippen molar-refractivity contribution in [2.75, 3.05) is 0 Å². The minimum Gasteiger partial charge on any atom is -0.308 e. The van der Waals surface area contributed by atoms with Gasteiger partial charge in [0.1, 0.15) is 11.6 Å². The van der Waals surface area contributed by atoms with E-state index in [-0.39, 0.29) is 6.04 Å². The number of unbranched alkanes of at least 4 members (excludes halogenated alkanes) is 4. The Balaban J connectivity index is 2.35. The molecule has 0 fully saturated rings. The predicted molar refractivity (Wildman–Crippen MR) is 80.7 cm³/mol. The summed E-state index contributed by atoms with van der Waals surface area (Å²) >= 11 is 0. The van der Waals surface area contributed by atoms with Crippen LogP contribution in [0.5, 0.6) is 0 Å². The lowest BCUT2D eigenvalue weighted by atomic mass is 10.0. The number of hydrogen-bond donors (Lipinski definition) is 1. The molecule has 0 saturated heterocycles. The average molecular weight is 283 g/mol. The summed E-state index contributed by atoms with van der Waals surface area (Å²) in [5, 5.41) is 3.38. The SMILES string of the molecule is CCCCCCCC(C)NC(C)c1ccc(F)cc1F. The van der Waals surface area contributed by atoms with E-state index < -0.39 is 11.6 Å². The van der Waals surface area contributed by atoms with Gasteiger partial charge in [-0.1, -0.05) is 45.1 Å². The molecule has 2 unspecified atom stereocenters. The van der Waals surface area contributed by atoms with Crippen LogP contribution in [0.3, 0.4) is 0 Å². The molecule has 20 heavy (non-hydrogen) atoms. The van der Waals surface area contributed by atoms with Crippen LogP contribution in [0.15, 0.2) is 18.2 Å². The quantitative estimate of drug-likeness (QED) is 0.601. The Labute approximate surface area is 121 Å². The van der Waals surface area contributed by atoms with Crippen molar-refractivity contribution in [3.63, 3.8) is 0 Å². The summed E-state index contributed by atoms with van der Waals surface area (Å²) in [6.07, 6.45) is 7.42. The summed E-state index contributed by atoms with van der Waals surface area (Å²) in [5.41, 5.74) is 0.532. The third kappa shape index (κ3) is 6.00. The van der Waals surface area contributed by atoms with Crippen LogP contribution in [0.4, 0.5) is 8.78 Å². The molecule has 0 aromatic heterocycles. The van der Waals surface area contributed by atoms with Crippen LogP contribution in [-0.2, 0) is 0 Å². The number of benzene rings is 1. The van der Waals surface area contributed by atoms with Crippen molar-refractivity contribution in [2.24, 2.45) is 0 Å². The topological polar surface area (TPSA) is 12.0 Å². The summed E-state index contributed by atoms with van der Waals surface area (Å²) in [4.78, 5) is 0. The highest BCUT2D eigenvalue weighted by Gasteiger charge is 2.13. The van der Waals surface area contributed by atoms with Gasteiger partial charge in [-0.15, -0.1) is 0 Å². The molecule has 1 aromatic rings. The smallest absolute Gasteiger partial charge is 0.130 e. The Kier molecular flexibility index (Phi) is 7.75. The minimum atomic E-state index is -0.526. The van der Waals surface area contributed by atoms with Gasteiger partial charge in [-0.3, -0.25) is 0 Å². The van der Waals surface area contributed by atoms with E-state index in [9.17, 15) is 8.78 Å². The number of halogens is 2. The monoisotopic (exact) mass is 283 g/mol. The lowest BCUT2D eigenvalue weighted by Crippen LogP contribution is -2.29. The van der Waals surface area contributed by atoms with E-state index in [0.717, 1.165) is 12.5 Å². The maximum Gasteiger partial charge on any atom is 0.130 e. The fourth-order valence-corrected chi connectivity index (χ4v) is 2.51. The molecular weight excluding hydrogens is 256 g/mol. The highest BCUT2D eigenvalue weighted by Crippen LogP contribution is 2.19. The first-order valence-electron chi connectivity index (χ1n) is 7.75. The Morgan fingerprint density at radius 2 is 1.75 bits per heavy atom. The Morgan fingerprint density at radius 3 is 2.40 bits per heavy atom. The van der Waals surface area contributed by atoms with Gasteiger partial charge < -0.3 is 5.32 Å². The van der Waals surface area contributed by atoms with E-state index >= 15 is 0 Å². The molecule has 1 nitrogen and oxygen atoms in total. The maximum absolute atomic E-state index is 13.7. The molecule has 3 heteroatoms. The zero-order valence-electron chi connectivity index (χ0n) is 12.9. The second-order valence-electron chi connectivity index (χ2n) is 5.66. The van der Waals surface area contributed by atoms with Crippen molar-refractivity contribution in [3.05, 3.63) is 35.4 Å². The van der Waals surface area contributed by atoms with Gasteiger partial charge in [-0.25, -0.2) is 8.78 Å². The standard InChI is InChI=1S/C17H27F2N/c1-4-5-6-7-8-9-13(2)20-14(3)16-11-10-15(18)12-17(16)19/h10-14,20H,4-9H2,1-3H3. The minimum absolute atomic E-state index is 0.0961. The Bertz CT molecular complexity index is 393. The molecule has 0 saturated carbocycles. The molecule has 114 valence electrons. The zero-order valence-corrected chi connectivity index (χ0v) is 12.9. The van der Waals surface area contributed by atoms with Crippen LogP contribution < -0.4 is 5.32 Å². The summed E-state index contributed by atoms with van der Waals surface area (Å²) in [5.74, 6) is -0.998. The highest BCUT2D eigenvalue weighted by atomic mass is 19.1. The van der Waals surface area contributed by atoms with E-state index in [4.69, 9.17) is 0 Å². The van der Waals surface area contributed by atoms with Crippen molar-refractivity contribution in [3.8, 4) is 0 Å². The summed E-state index contributed by atoms with van der Waals surface area (Å²) in [6, 6.07) is 4.03. The van der Waals surface area contributed by atoms with Gasteiger partial charge in [0.25, 0.3) is 0 Å². The zero-order chi connectivity index (χ0) is 15.0.